The molecule has 104 valence electrons. The highest BCUT2D eigenvalue weighted by atomic mass is 19.1. The highest BCUT2D eigenvalue weighted by molar-refractivity contribution is 6.04. The molecule has 8 heteroatoms. The molecule has 2 rings (SSSR count). The maximum Gasteiger partial charge on any atom is 0.325 e. The van der Waals surface area contributed by atoms with Gasteiger partial charge in [0, 0.05) is 12.3 Å². The quantitative estimate of drug-likeness (QED) is 0.776. The van der Waals surface area contributed by atoms with E-state index >= 15 is 0 Å². The number of halogens is 1. The van der Waals surface area contributed by atoms with Gasteiger partial charge < -0.3 is 15.5 Å². The number of amides is 1. The fourth-order valence-electron chi connectivity index (χ4n) is 1.54. The summed E-state index contributed by atoms with van der Waals surface area (Å²) in [5.74, 6) is -2.94. The molecular formula is C12H10FN3O4. The predicted molar refractivity (Wildman–Crippen MR) is 65.9 cm³/mol. The number of nitrogens with zero attached hydrogens (tertiary/aromatic N) is 2. The number of benzene rings is 1. The molecule has 0 aliphatic rings. The van der Waals surface area contributed by atoms with Crippen molar-refractivity contribution >= 4 is 17.6 Å². The molecule has 0 unspecified atom stereocenters. The van der Waals surface area contributed by atoms with Crippen LogP contribution in [0.1, 0.15) is 10.4 Å². The summed E-state index contributed by atoms with van der Waals surface area (Å²) in [7, 11) is 0. The molecule has 0 atom stereocenters. The molecule has 2 aromatic rings. The van der Waals surface area contributed by atoms with Gasteiger partial charge in [-0.2, -0.15) is 5.10 Å². The highest BCUT2D eigenvalue weighted by Crippen LogP contribution is 2.16. The van der Waals surface area contributed by atoms with Gasteiger partial charge in [-0.3, -0.25) is 14.3 Å². The number of anilines is 1. The molecule has 0 aliphatic heterocycles. The molecular weight excluding hydrogens is 269 g/mol. The van der Waals surface area contributed by atoms with Crippen LogP contribution >= 0.6 is 0 Å². The molecule has 1 amide bonds. The van der Waals surface area contributed by atoms with E-state index in [-0.39, 0.29) is 23.5 Å². The lowest BCUT2D eigenvalue weighted by molar-refractivity contribution is -0.137. The zero-order chi connectivity index (χ0) is 14.7. The Morgan fingerprint density at radius 1 is 1.40 bits per heavy atom. The zero-order valence-electron chi connectivity index (χ0n) is 10.1. The molecule has 0 saturated heterocycles. The fourth-order valence-corrected chi connectivity index (χ4v) is 1.54. The number of aromatic nitrogens is 2. The average molecular weight is 279 g/mol. The molecule has 0 fully saturated rings. The van der Waals surface area contributed by atoms with Gasteiger partial charge in [0.25, 0.3) is 5.91 Å². The number of hydrogen-bond donors (Lipinski definition) is 3. The number of phenols is 1. The lowest BCUT2D eigenvalue weighted by Gasteiger charge is -2.04. The molecule has 0 spiro atoms. The Morgan fingerprint density at radius 3 is 2.80 bits per heavy atom. The number of carbonyl (C=O) groups is 2. The molecule has 1 aromatic carbocycles. The van der Waals surface area contributed by atoms with E-state index in [2.05, 4.69) is 10.4 Å². The molecule has 20 heavy (non-hydrogen) atoms. The number of rotatable bonds is 4. The number of carboxylic acid groups (broad SMARTS) is 1. The van der Waals surface area contributed by atoms with Crippen LogP contribution in [0, 0.1) is 5.82 Å². The number of hydrogen-bond acceptors (Lipinski definition) is 4. The van der Waals surface area contributed by atoms with Crippen molar-refractivity contribution in [2.45, 2.75) is 6.54 Å². The molecule has 3 N–H and O–H groups in total. The van der Waals surface area contributed by atoms with Gasteiger partial charge in [0.1, 0.15) is 18.1 Å². The zero-order valence-corrected chi connectivity index (χ0v) is 10.1. The number of phenolic OH excluding ortho intramolecular Hbond substituents is 1. The van der Waals surface area contributed by atoms with Gasteiger partial charge in [-0.15, -0.1) is 0 Å². The van der Waals surface area contributed by atoms with Crippen molar-refractivity contribution in [1.29, 1.82) is 0 Å². The summed E-state index contributed by atoms with van der Waals surface area (Å²) in [5, 5.41) is 23.7. The molecule has 1 heterocycles. The average Bonchev–Trinajstić information content (AvgIpc) is 2.75. The van der Waals surface area contributed by atoms with Gasteiger partial charge in [0.15, 0.2) is 0 Å². The van der Waals surface area contributed by atoms with Crippen molar-refractivity contribution in [1.82, 2.24) is 9.78 Å². The summed E-state index contributed by atoms with van der Waals surface area (Å²) >= 11 is 0. The minimum Gasteiger partial charge on any atom is -0.508 e. The van der Waals surface area contributed by atoms with Crippen LogP contribution < -0.4 is 5.32 Å². The van der Waals surface area contributed by atoms with E-state index in [0.717, 1.165) is 16.8 Å². The number of nitrogens with one attached hydrogen (secondary N) is 1. The largest absolute Gasteiger partial charge is 0.508 e. The summed E-state index contributed by atoms with van der Waals surface area (Å²) in [6.07, 6.45) is 2.56. The second kappa shape index (κ2) is 5.39. The van der Waals surface area contributed by atoms with Crippen LogP contribution in [0.4, 0.5) is 10.1 Å². The van der Waals surface area contributed by atoms with E-state index in [9.17, 15) is 14.0 Å². The third-order valence-electron chi connectivity index (χ3n) is 2.39. The van der Waals surface area contributed by atoms with E-state index in [1.807, 2.05) is 0 Å². The Balaban J connectivity index is 2.11. The minimum absolute atomic E-state index is 0.240. The lowest BCUT2D eigenvalue weighted by atomic mass is 10.2. The van der Waals surface area contributed by atoms with Crippen LogP contribution in [-0.2, 0) is 11.3 Å². The molecule has 7 nitrogen and oxygen atoms in total. The summed E-state index contributed by atoms with van der Waals surface area (Å²) in [5.41, 5.74) is -0.00231. The van der Waals surface area contributed by atoms with Gasteiger partial charge in [-0.05, 0) is 12.1 Å². The topological polar surface area (TPSA) is 104 Å². The number of carbonyl (C=O) groups excluding carboxylic acids is 1. The first-order chi connectivity index (χ1) is 9.45. The van der Waals surface area contributed by atoms with E-state index in [4.69, 9.17) is 10.2 Å². The van der Waals surface area contributed by atoms with Crippen LogP contribution in [0.5, 0.6) is 5.75 Å². The summed E-state index contributed by atoms with van der Waals surface area (Å²) in [6.45, 7) is -0.344. The third kappa shape index (κ3) is 3.10. The maximum absolute atomic E-state index is 13.5. The number of carboxylic acids is 1. The molecule has 0 saturated carbocycles. The minimum atomic E-state index is -1.07. The smallest absolute Gasteiger partial charge is 0.325 e. The van der Waals surface area contributed by atoms with Crippen LogP contribution in [0.25, 0.3) is 0 Å². The summed E-state index contributed by atoms with van der Waals surface area (Å²) in [4.78, 5) is 22.3. The van der Waals surface area contributed by atoms with Gasteiger partial charge >= 0.3 is 5.97 Å². The molecule has 1 aromatic heterocycles. The van der Waals surface area contributed by atoms with Gasteiger partial charge in [-0.25, -0.2) is 4.39 Å². The number of aliphatic carboxylic acids is 1. The number of aromatic hydroxyl groups is 1. The van der Waals surface area contributed by atoms with Crippen LogP contribution in [0.3, 0.4) is 0 Å². The van der Waals surface area contributed by atoms with Crippen molar-refractivity contribution in [3.8, 4) is 5.75 Å². The Kier molecular flexibility index (Phi) is 3.65. The fraction of sp³-hybridized carbons (Fsp3) is 0.0833. The summed E-state index contributed by atoms with van der Waals surface area (Å²) in [6, 6.07) is 3.15. The van der Waals surface area contributed by atoms with E-state index in [0.29, 0.717) is 0 Å². The van der Waals surface area contributed by atoms with Crippen molar-refractivity contribution in [3.63, 3.8) is 0 Å². The van der Waals surface area contributed by atoms with Crippen molar-refractivity contribution < 1.29 is 24.2 Å². The first-order valence-corrected chi connectivity index (χ1v) is 5.50. The second-order valence-corrected chi connectivity index (χ2v) is 3.94. The Morgan fingerprint density at radius 2 is 2.15 bits per heavy atom. The van der Waals surface area contributed by atoms with E-state index in [1.54, 1.807) is 0 Å². The molecule has 0 radical (unpaired) electrons. The van der Waals surface area contributed by atoms with Crippen molar-refractivity contribution in [2.24, 2.45) is 0 Å². The Bertz CT molecular complexity index is 668. The van der Waals surface area contributed by atoms with Crippen LogP contribution in [-0.4, -0.2) is 31.9 Å². The monoisotopic (exact) mass is 279 g/mol. The van der Waals surface area contributed by atoms with Crippen LogP contribution in [0.2, 0.25) is 0 Å². The third-order valence-corrected chi connectivity index (χ3v) is 2.39. The van der Waals surface area contributed by atoms with Crippen molar-refractivity contribution in [3.05, 3.63) is 42.0 Å². The summed E-state index contributed by atoms with van der Waals surface area (Å²) < 4.78 is 14.6. The normalized spacial score (nSPS) is 10.2. The van der Waals surface area contributed by atoms with Gasteiger partial charge in [0.05, 0.1) is 17.4 Å². The predicted octanol–water partition coefficient (Wildman–Crippen LogP) is 1.06. The first-order valence-electron chi connectivity index (χ1n) is 5.50. The molecule has 0 aliphatic carbocycles. The van der Waals surface area contributed by atoms with Gasteiger partial charge in [-0.1, -0.05) is 0 Å². The van der Waals surface area contributed by atoms with Gasteiger partial charge in [0.2, 0.25) is 0 Å². The highest BCUT2D eigenvalue weighted by Gasteiger charge is 2.13. The maximum atomic E-state index is 13.5. The second-order valence-electron chi connectivity index (χ2n) is 3.94. The standard InChI is InChI=1S/C12H10FN3O4/c13-10-3-8(17)1-2-9(10)12(20)15-7-4-14-16(5-7)6-11(18)19/h1-5,17H,6H2,(H,15,20)(H,18,19). The van der Waals surface area contributed by atoms with Crippen LogP contribution in [0.15, 0.2) is 30.6 Å². The van der Waals surface area contributed by atoms with E-state index in [1.165, 1.54) is 18.5 Å². The molecule has 0 bridgehead atoms. The SMILES string of the molecule is O=C(O)Cn1cc(NC(=O)c2ccc(O)cc2F)cn1. The van der Waals surface area contributed by atoms with E-state index < -0.39 is 17.7 Å². The Labute approximate surface area is 112 Å². The lowest BCUT2D eigenvalue weighted by Crippen LogP contribution is -2.13. The first kappa shape index (κ1) is 13.5. The Hall–Kier alpha value is -2.90. The van der Waals surface area contributed by atoms with Crippen molar-refractivity contribution in [2.75, 3.05) is 5.32 Å².